The Bertz CT molecular complexity index is 1160. The Balaban J connectivity index is 1.85. The van der Waals surface area contributed by atoms with E-state index in [1.165, 1.54) is 29.3 Å². The molecule has 0 saturated carbocycles. The summed E-state index contributed by atoms with van der Waals surface area (Å²) in [5.41, 5.74) is -0.879. The van der Waals surface area contributed by atoms with Gasteiger partial charge in [-0.15, -0.1) is 0 Å². The van der Waals surface area contributed by atoms with Crippen LogP contribution < -0.4 is 0 Å². The van der Waals surface area contributed by atoms with Gasteiger partial charge < -0.3 is 0 Å². The molecular formula is C24H20Cl2F3NO4. The summed E-state index contributed by atoms with van der Waals surface area (Å²) in [6.07, 6.45) is -4.43. The highest BCUT2D eigenvalue weighted by atomic mass is 35.5. The molecule has 1 fully saturated rings. The molecule has 0 radical (unpaired) electrons. The third-order valence-electron chi connectivity index (χ3n) is 5.31. The van der Waals surface area contributed by atoms with E-state index in [2.05, 4.69) is 0 Å². The standard InChI is InChI=1S/C24H20Cl2F3NO4/c1-3-30-23(33)16(12-34-30)9-22(32)19-5-4-14(6-13(19)2)21(31)11-20(24(27,28)29)15-7-17(25)10-18(26)8-15/h4-8,10-11,16H,3,9,12H2,1-2H3/b20-11-/t16-/m1/s1. The topological polar surface area (TPSA) is 63.7 Å². The van der Waals surface area contributed by atoms with Crippen molar-refractivity contribution in [2.24, 2.45) is 5.92 Å². The Labute approximate surface area is 204 Å². The largest absolute Gasteiger partial charge is 0.417 e. The summed E-state index contributed by atoms with van der Waals surface area (Å²) in [4.78, 5) is 42.8. The van der Waals surface area contributed by atoms with Crippen LogP contribution in [-0.2, 0) is 9.63 Å². The van der Waals surface area contributed by atoms with E-state index in [1.807, 2.05) is 0 Å². The number of hydrogen-bond donors (Lipinski definition) is 0. The molecule has 0 unspecified atom stereocenters. The zero-order valence-electron chi connectivity index (χ0n) is 18.2. The number of halogens is 5. The van der Waals surface area contributed by atoms with E-state index in [4.69, 9.17) is 28.0 Å². The second-order valence-electron chi connectivity index (χ2n) is 7.76. The molecule has 1 aliphatic rings. The zero-order valence-corrected chi connectivity index (χ0v) is 19.7. The molecule has 34 heavy (non-hydrogen) atoms. The molecule has 5 nitrogen and oxygen atoms in total. The molecule has 180 valence electrons. The lowest BCUT2D eigenvalue weighted by Gasteiger charge is -2.13. The third kappa shape index (κ3) is 5.87. The van der Waals surface area contributed by atoms with Crippen molar-refractivity contribution in [2.45, 2.75) is 26.4 Å². The minimum atomic E-state index is -4.84. The van der Waals surface area contributed by atoms with Crippen molar-refractivity contribution in [3.63, 3.8) is 0 Å². The number of carbonyl (C=O) groups excluding carboxylic acids is 3. The van der Waals surface area contributed by atoms with Crippen LogP contribution in [0.4, 0.5) is 13.2 Å². The lowest BCUT2D eigenvalue weighted by molar-refractivity contribution is -0.160. The van der Waals surface area contributed by atoms with Crippen LogP contribution in [0, 0.1) is 12.8 Å². The molecule has 10 heteroatoms. The molecule has 0 spiro atoms. The maximum absolute atomic E-state index is 13.7. The van der Waals surface area contributed by atoms with Crippen LogP contribution in [0.25, 0.3) is 5.57 Å². The van der Waals surface area contributed by atoms with E-state index in [0.717, 1.165) is 12.1 Å². The Hall–Kier alpha value is -2.68. The number of nitrogens with zero attached hydrogens (tertiary/aromatic N) is 1. The van der Waals surface area contributed by atoms with E-state index in [1.54, 1.807) is 13.8 Å². The van der Waals surface area contributed by atoms with Gasteiger partial charge in [0.25, 0.3) is 5.91 Å². The number of ketones is 2. The van der Waals surface area contributed by atoms with Crippen LogP contribution in [-0.4, -0.2) is 41.9 Å². The highest BCUT2D eigenvalue weighted by Crippen LogP contribution is 2.36. The first kappa shape index (κ1) is 25.9. The van der Waals surface area contributed by atoms with Crippen molar-refractivity contribution in [3.05, 3.63) is 74.8 Å². The Morgan fingerprint density at radius 2 is 1.76 bits per heavy atom. The van der Waals surface area contributed by atoms with Crippen LogP contribution in [0.15, 0.2) is 42.5 Å². The van der Waals surface area contributed by atoms with Gasteiger partial charge in [-0.05, 0) is 55.3 Å². The van der Waals surface area contributed by atoms with Crippen molar-refractivity contribution in [3.8, 4) is 0 Å². The van der Waals surface area contributed by atoms with E-state index >= 15 is 0 Å². The van der Waals surface area contributed by atoms with E-state index in [9.17, 15) is 27.6 Å². The van der Waals surface area contributed by atoms with Crippen molar-refractivity contribution in [2.75, 3.05) is 13.2 Å². The molecule has 1 atom stereocenters. The summed E-state index contributed by atoms with van der Waals surface area (Å²) in [5.74, 6) is -2.10. The fraction of sp³-hybridized carbons (Fsp3) is 0.292. The number of carbonyl (C=O) groups is 3. The molecule has 2 aromatic rings. The summed E-state index contributed by atoms with van der Waals surface area (Å²) in [6.45, 7) is 3.79. The van der Waals surface area contributed by atoms with Gasteiger partial charge in [-0.1, -0.05) is 35.3 Å². The van der Waals surface area contributed by atoms with Gasteiger partial charge >= 0.3 is 6.18 Å². The summed E-state index contributed by atoms with van der Waals surface area (Å²) in [5, 5.41) is 1.19. The average Bonchev–Trinajstić information content (AvgIpc) is 3.09. The van der Waals surface area contributed by atoms with Crippen LogP contribution in [0.5, 0.6) is 0 Å². The number of amides is 1. The molecule has 3 rings (SSSR count). The quantitative estimate of drug-likeness (QED) is 0.330. The van der Waals surface area contributed by atoms with Gasteiger partial charge in [0.1, 0.15) is 0 Å². The monoisotopic (exact) mass is 513 g/mol. The zero-order chi connectivity index (χ0) is 25.2. The Kier molecular flexibility index (Phi) is 7.85. The summed E-state index contributed by atoms with van der Waals surface area (Å²) >= 11 is 11.6. The van der Waals surface area contributed by atoms with Crippen molar-refractivity contribution >= 4 is 46.2 Å². The number of hydroxylamine groups is 2. The van der Waals surface area contributed by atoms with E-state index < -0.39 is 23.5 Å². The molecule has 1 aliphatic heterocycles. The van der Waals surface area contributed by atoms with Crippen molar-refractivity contribution in [1.29, 1.82) is 0 Å². The lowest BCUT2D eigenvalue weighted by Crippen LogP contribution is -2.27. The highest BCUT2D eigenvalue weighted by Gasteiger charge is 2.36. The number of benzene rings is 2. The molecule has 2 aromatic carbocycles. The normalized spacial score (nSPS) is 16.8. The fourth-order valence-electron chi connectivity index (χ4n) is 3.63. The van der Waals surface area contributed by atoms with E-state index in [-0.39, 0.29) is 51.5 Å². The van der Waals surface area contributed by atoms with Crippen LogP contribution in [0.3, 0.4) is 0 Å². The molecular weight excluding hydrogens is 494 g/mol. The van der Waals surface area contributed by atoms with Gasteiger partial charge in [0.05, 0.1) is 18.1 Å². The average molecular weight is 514 g/mol. The summed E-state index contributed by atoms with van der Waals surface area (Å²) < 4.78 is 41.0. The van der Waals surface area contributed by atoms with Gasteiger partial charge in [-0.2, -0.15) is 13.2 Å². The number of alkyl halides is 3. The number of rotatable bonds is 7. The molecule has 0 N–H and O–H groups in total. The minimum absolute atomic E-state index is 0.00277. The predicted molar refractivity (Wildman–Crippen MR) is 122 cm³/mol. The summed E-state index contributed by atoms with van der Waals surface area (Å²) in [6, 6.07) is 7.42. The van der Waals surface area contributed by atoms with E-state index in [0.29, 0.717) is 18.2 Å². The minimum Gasteiger partial charge on any atom is -0.294 e. The maximum Gasteiger partial charge on any atom is 0.417 e. The van der Waals surface area contributed by atoms with Gasteiger partial charge in [-0.25, -0.2) is 5.06 Å². The molecule has 0 bridgehead atoms. The maximum atomic E-state index is 13.7. The lowest BCUT2D eigenvalue weighted by atomic mass is 9.93. The predicted octanol–water partition coefficient (Wildman–Crippen LogP) is 6.11. The van der Waals surface area contributed by atoms with Gasteiger partial charge in [-0.3, -0.25) is 19.2 Å². The first-order chi connectivity index (χ1) is 15.9. The smallest absolute Gasteiger partial charge is 0.294 e. The highest BCUT2D eigenvalue weighted by molar-refractivity contribution is 6.35. The second-order valence-corrected chi connectivity index (χ2v) is 8.63. The van der Waals surface area contributed by atoms with Crippen LogP contribution >= 0.6 is 23.2 Å². The fourth-order valence-corrected chi connectivity index (χ4v) is 4.15. The summed E-state index contributed by atoms with van der Waals surface area (Å²) in [7, 11) is 0. The third-order valence-corrected chi connectivity index (χ3v) is 5.75. The SMILES string of the molecule is CCN1OC[C@@H](CC(=O)c2ccc(C(=O)/C=C(/c3cc(Cl)cc(Cl)c3)C(F)(F)F)cc2C)C1=O. The number of aryl methyl sites for hydroxylation is 1. The van der Waals surface area contributed by atoms with Crippen LogP contribution in [0.2, 0.25) is 10.0 Å². The molecule has 0 aromatic heterocycles. The van der Waals surface area contributed by atoms with Gasteiger partial charge in [0, 0.05) is 34.1 Å². The van der Waals surface area contributed by atoms with Crippen molar-refractivity contribution < 1.29 is 32.4 Å². The Morgan fingerprint density at radius 1 is 1.12 bits per heavy atom. The molecule has 1 heterocycles. The first-order valence-corrected chi connectivity index (χ1v) is 11.0. The Morgan fingerprint density at radius 3 is 2.29 bits per heavy atom. The molecule has 1 saturated heterocycles. The van der Waals surface area contributed by atoms with Crippen molar-refractivity contribution in [1.82, 2.24) is 5.06 Å². The molecule has 1 amide bonds. The number of allylic oxidation sites excluding steroid dienone is 2. The van der Waals surface area contributed by atoms with Gasteiger partial charge in [0.15, 0.2) is 11.6 Å². The molecule has 0 aliphatic carbocycles. The number of Topliss-reactive ketones (excluding diaryl/α,β-unsaturated/α-hetero) is 1. The number of hydrogen-bond acceptors (Lipinski definition) is 4. The van der Waals surface area contributed by atoms with Crippen LogP contribution in [0.1, 0.15) is 45.2 Å². The van der Waals surface area contributed by atoms with Gasteiger partial charge in [0.2, 0.25) is 0 Å². The second kappa shape index (κ2) is 10.3. The first-order valence-electron chi connectivity index (χ1n) is 10.3.